The fourth-order valence-corrected chi connectivity index (χ4v) is 5.74. The molecule has 6 nitrogen and oxygen atoms in total. The molecule has 0 bridgehead atoms. The molecule has 0 radical (unpaired) electrons. The molecule has 31 heavy (non-hydrogen) atoms. The van der Waals surface area contributed by atoms with Crippen LogP contribution in [0.1, 0.15) is 51.5 Å². The first-order chi connectivity index (χ1) is 15.2. The summed E-state index contributed by atoms with van der Waals surface area (Å²) in [6.07, 6.45) is 7.50. The van der Waals surface area contributed by atoms with Crippen LogP contribution in [0.5, 0.6) is 0 Å². The molecule has 0 spiro atoms. The number of hydrogen-bond acceptors (Lipinski definition) is 6. The molecule has 1 N–H and O–H groups in total. The number of benzene rings is 1. The summed E-state index contributed by atoms with van der Waals surface area (Å²) in [4.78, 5) is 11.0. The SMILES string of the molecule is CCc1ccc(-c2nc3sc(N4CCN(CC)CC4)nn3c2NC2CCCCC2)cc1. The van der Waals surface area contributed by atoms with Gasteiger partial charge in [0.2, 0.25) is 10.1 Å². The van der Waals surface area contributed by atoms with E-state index >= 15 is 0 Å². The molecule has 7 heteroatoms. The second kappa shape index (κ2) is 9.17. The van der Waals surface area contributed by atoms with Crippen molar-refractivity contribution in [3.63, 3.8) is 0 Å². The monoisotopic (exact) mass is 438 g/mol. The first-order valence-corrected chi connectivity index (χ1v) is 12.8. The van der Waals surface area contributed by atoms with Gasteiger partial charge in [0, 0.05) is 37.8 Å². The number of likely N-dealkylation sites (N-methyl/N-ethyl adjacent to an activating group) is 1. The molecule has 3 aromatic rings. The Morgan fingerprint density at radius 2 is 1.74 bits per heavy atom. The van der Waals surface area contributed by atoms with Crippen molar-refractivity contribution < 1.29 is 0 Å². The number of aromatic nitrogens is 3. The molecule has 3 heterocycles. The third-order valence-electron chi connectivity index (χ3n) is 6.86. The van der Waals surface area contributed by atoms with E-state index < -0.39 is 0 Å². The average Bonchev–Trinajstić information content (AvgIpc) is 3.39. The zero-order valence-electron chi connectivity index (χ0n) is 18.8. The molecule has 2 aliphatic rings. The Kier molecular flexibility index (Phi) is 6.14. The van der Waals surface area contributed by atoms with Crippen molar-refractivity contribution in [1.82, 2.24) is 19.5 Å². The van der Waals surface area contributed by atoms with Gasteiger partial charge in [0.25, 0.3) is 0 Å². The Labute approximate surface area is 189 Å². The fourth-order valence-electron chi connectivity index (χ4n) is 4.79. The van der Waals surface area contributed by atoms with Gasteiger partial charge in [-0.3, -0.25) is 0 Å². The molecular weight excluding hydrogens is 404 g/mol. The zero-order chi connectivity index (χ0) is 21.2. The predicted octanol–water partition coefficient (Wildman–Crippen LogP) is 4.91. The second-order valence-electron chi connectivity index (χ2n) is 8.84. The molecule has 2 fully saturated rings. The maximum absolute atomic E-state index is 5.07. The molecule has 1 aromatic carbocycles. The molecule has 1 aliphatic heterocycles. The van der Waals surface area contributed by atoms with Crippen molar-refractivity contribution in [3.8, 4) is 11.3 Å². The van der Waals surface area contributed by atoms with E-state index in [0.29, 0.717) is 6.04 Å². The molecule has 0 amide bonds. The van der Waals surface area contributed by atoms with Crippen LogP contribution < -0.4 is 10.2 Å². The highest BCUT2D eigenvalue weighted by Crippen LogP contribution is 2.35. The highest BCUT2D eigenvalue weighted by molar-refractivity contribution is 7.20. The Bertz CT molecular complexity index is 993. The number of nitrogens with zero attached hydrogens (tertiary/aromatic N) is 5. The van der Waals surface area contributed by atoms with Gasteiger partial charge in [-0.2, -0.15) is 4.52 Å². The summed E-state index contributed by atoms with van der Waals surface area (Å²) in [5.74, 6) is 1.07. The lowest BCUT2D eigenvalue weighted by atomic mass is 9.95. The lowest BCUT2D eigenvalue weighted by molar-refractivity contribution is 0.271. The number of imidazole rings is 1. The highest BCUT2D eigenvalue weighted by Gasteiger charge is 2.25. The normalized spacial score (nSPS) is 18.7. The van der Waals surface area contributed by atoms with Crippen LogP contribution in [0.25, 0.3) is 16.2 Å². The van der Waals surface area contributed by atoms with Crippen LogP contribution in [0.3, 0.4) is 0 Å². The van der Waals surface area contributed by atoms with E-state index in [1.807, 2.05) is 0 Å². The van der Waals surface area contributed by atoms with Crippen molar-refractivity contribution in [2.45, 2.75) is 58.4 Å². The maximum atomic E-state index is 5.07. The van der Waals surface area contributed by atoms with Crippen LogP contribution in [0.4, 0.5) is 10.9 Å². The minimum absolute atomic E-state index is 0.514. The van der Waals surface area contributed by atoms with Crippen molar-refractivity contribution in [1.29, 1.82) is 0 Å². The summed E-state index contributed by atoms with van der Waals surface area (Å²) < 4.78 is 2.07. The van der Waals surface area contributed by atoms with E-state index in [9.17, 15) is 0 Å². The van der Waals surface area contributed by atoms with E-state index in [-0.39, 0.29) is 0 Å². The van der Waals surface area contributed by atoms with Crippen LogP contribution in [0.2, 0.25) is 0 Å². The summed E-state index contributed by atoms with van der Waals surface area (Å²) in [6, 6.07) is 9.38. The first kappa shape index (κ1) is 20.8. The lowest BCUT2D eigenvalue weighted by Crippen LogP contribution is -2.46. The molecule has 1 saturated carbocycles. The Morgan fingerprint density at radius 1 is 1.00 bits per heavy atom. The Morgan fingerprint density at radius 3 is 2.42 bits per heavy atom. The van der Waals surface area contributed by atoms with Gasteiger partial charge in [-0.1, -0.05) is 68.7 Å². The first-order valence-electron chi connectivity index (χ1n) is 12.0. The second-order valence-corrected chi connectivity index (χ2v) is 9.77. The van der Waals surface area contributed by atoms with Crippen LogP contribution >= 0.6 is 11.3 Å². The van der Waals surface area contributed by atoms with Gasteiger partial charge >= 0.3 is 0 Å². The van der Waals surface area contributed by atoms with E-state index in [1.54, 1.807) is 11.3 Å². The topological polar surface area (TPSA) is 48.7 Å². The highest BCUT2D eigenvalue weighted by atomic mass is 32.1. The maximum Gasteiger partial charge on any atom is 0.216 e. The van der Waals surface area contributed by atoms with Gasteiger partial charge in [0.05, 0.1) is 0 Å². The lowest BCUT2D eigenvalue weighted by Gasteiger charge is -2.33. The fraction of sp³-hybridized carbons (Fsp3) is 0.583. The van der Waals surface area contributed by atoms with Crippen LogP contribution in [0, 0.1) is 0 Å². The predicted molar refractivity (Wildman–Crippen MR) is 131 cm³/mol. The summed E-state index contributed by atoms with van der Waals surface area (Å²) in [6.45, 7) is 9.88. The van der Waals surface area contributed by atoms with E-state index in [1.165, 1.54) is 43.2 Å². The number of aryl methyl sites for hydroxylation is 1. The summed E-state index contributed by atoms with van der Waals surface area (Å²) in [5, 5.41) is 10.00. The minimum Gasteiger partial charge on any atom is -0.365 e. The summed E-state index contributed by atoms with van der Waals surface area (Å²) >= 11 is 1.72. The summed E-state index contributed by atoms with van der Waals surface area (Å²) in [7, 11) is 0. The van der Waals surface area contributed by atoms with Crippen LogP contribution in [0.15, 0.2) is 24.3 Å². The number of hydrogen-bond donors (Lipinski definition) is 1. The number of rotatable bonds is 6. The molecule has 166 valence electrons. The largest absolute Gasteiger partial charge is 0.365 e. The van der Waals surface area contributed by atoms with Crippen molar-refractivity contribution in [2.24, 2.45) is 0 Å². The molecule has 0 atom stereocenters. The van der Waals surface area contributed by atoms with Gasteiger partial charge < -0.3 is 15.1 Å². The third-order valence-corrected chi connectivity index (χ3v) is 7.83. The molecule has 5 rings (SSSR count). The third kappa shape index (κ3) is 4.30. The summed E-state index contributed by atoms with van der Waals surface area (Å²) in [5.41, 5.74) is 3.57. The molecule has 0 unspecified atom stereocenters. The Balaban J connectivity index is 1.48. The van der Waals surface area contributed by atoms with Gasteiger partial charge in [-0.05, 0) is 31.4 Å². The van der Waals surface area contributed by atoms with Gasteiger partial charge in [-0.15, -0.1) is 5.10 Å². The molecular formula is C24H34N6S. The van der Waals surface area contributed by atoms with Gasteiger partial charge in [-0.25, -0.2) is 4.98 Å². The minimum atomic E-state index is 0.514. The van der Waals surface area contributed by atoms with Gasteiger partial charge in [0.15, 0.2) is 5.82 Å². The van der Waals surface area contributed by atoms with Crippen LogP contribution in [-0.2, 0) is 6.42 Å². The standard InChI is InChI=1S/C24H34N6S/c1-3-18-10-12-19(13-11-18)21-22(25-20-8-6-5-7-9-20)30-23(26-21)31-24(27-30)29-16-14-28(4-2)15-17-29/h10-13,20,25H,3-9,14-17H2,1-2H3. The van der Waals surface area contributed by atoms with Crippen molar-refractivity contribution in [3.05, 3.63) is 29.8 Å². The van der Waals surface area contributed by atoms with Crippen LogP contribution in [-0.4, -0.2) is 58.3 Å². The van der Waals surface area contributed by atoms with E-state index in [0.717, 1.165) is 60.7 Å². The Hall–Kier alpha value is -2.12. The van der Waals surface area contributed by atoms with Crippen molar-refractivity contribution in [2.75, 3.05) is 42.9 Å². The van der Waals surface area contributed by atoms with Gasteiger partial charge in [0.1, 0.15) is 5.69 Å². The smallest absolute Gasteiger partial charge is 0.216 e. The number of anilines is 2. The van der Waals surface area contributed by atoms with Crippen molar-refractivity contribution >= 4 is 27.2 Å². The number of piperazine rings is 1. The average molecular weight is 439 g/mol. The number of fused-ring (bicyclic) bond motifs is 1. The van der Waals surface area contributed by atoms with E-state index in [4.69, 9.17) is 10.1 Å². The molecule has 2 aromatic heterocycles. The zero-order valence-corrected chi connectivity index (χ0v) is 19.6. The quantitative estimate of drug-likeness (QED) is 0.593. The number of nitrogens with one attached hydrogen (secondary N) is 1. The molecule has 1 saturated heterocycles. The molecule has 1 aliphatic carbocycles. The van der Waals surface area contributed by atoms with E-state index in [2.05, 4.69) is 57.7 Å².